The molecule has 1 rings (SSSR count). The number of ether oxygens (including phenoxy) is 1. The van der Waals surface area contributed by atoms with Gasteiger partial charge in [0.1, 0.15) is 0 Å². The number of hydrogen-bond donors (Lipinski definition) is 1. The average molecular weight is 208 g/mol. The van der Waals surface area contributed by atoms with Crippen molar-refractivity contribution in [1.82, 2.24) is 0 Å². The number of hydrogen-bond acceptors (Lipinski definition) is 2. The number of aliphatic hydroxyl groups excluding tert-OH is 1. The molecule has 0 aliphatic carbocycles. The van der Waals surface area contributed by atoms with Crippen LogP contribution in [0, 0.1) is 6.92 Å². The van der Waals surface area contributed by atoms with E-state index in [-0.39, 0.29) is 6.61 Å². The van der Waals surface area contributed by atoms with Gasteiger partial charge in [-0.3, -0.25) is 0 Å². The van der Waals surface area contributed by atoms with Crippen LogP contribution in [0.2, 0.25) is 0 Å². The van der Waals surface area contributed by atoms with E-state index in [0.29, 0.717) is 0 Å². The maximum atomic E-state index is 9.19. The van der Waals surface area contributed by atoms with Gasteiger partial charge in [-0.15, -0.1) is 0 Å². The Balaban J connectivity index is 2.56. The molecule has 0 saturated carbocycles. The maximum absolute atomic E-state index is 9.19. The molecule has 0 amide bonds. The molecule has 0 fully saturated rings. The summed E-state index contributed by atoms with van der Waals surface area (Å²) in [7, 11) is 1.65. The van der Waals surface area contributed by atoms with Crippen LogP contribution in [0.4, 0.5) is 0 Å². The molecule has 0 heterocycles. The Morgan fingerprint density at radius 3 is 2.67 bits per heavy atom. The summed E-state index contributed by atoms with van der Waals surface area (Å²) in [6.07, 6.45) is 1.77. The molecule has 15 heavy (non-hydrogen) atoms. The first-order chi connectivity index (χ1) is 7.09. The van der Waals surface area contributed by atoms with Crippen molar-refractivity contribution in [3.05, 3.63) is 35.4 Å². The first-order valence-corrected chi connectivity index (χ1v) is 5.31. The first kappa shape index (κ1) is 12.2. The number of benzene rings is 1. The van der Waals surface area contributed by atoms with Crippen molar-refractivity contribution in [1.29, 1.82) is 0 Å². The third-order valence-electron chi connectivity index (χ3n) is 2.85. The van der Waals surface area contributed by atoms with E-state index in [0.717, 1.165) is 12.8 Å². The lowest BCUT2D eigenvalue weighted by atomic mass is 9.97. The quantitative estimate of drug-likeness (QED) is 0.804. The Hall–Kier alpha value is -0.860. The lowest BCUT2D eigenvalue weighted by molar-refractivity contribution is -0.0429. The van der Waals surface area contributed by atoms with Crippen molar-refractivity contribution in [2.75, 3.05) is 13.7 Å². The van der Waals surface area contributed by atoms with E-state index in [1.165, 1.54) is 11.1 Å². The zero-order valence-electron chi connectivity index (χ0n) is 9.79. The summed E-state index contributed by atoms with van der Waals surface area (Å²) in [6.45, 7) is 4.09. The summed E-state index contributed by atoms with van der Waals surface area (Å²) >= 11 is 0. The molecule has 1 atom stereocenters. The Morgan fingerprint density at radius 1 is 1.40 bits per heavy atom. The number of aliphatic hydroxyl groups is 1. The van der Waals surface area contributed by atoms with Crippen molar-refractivity contribution in [3.8, 4) is 0 Å². The molecule has 0 bridgehead atoms. The van der Waals surface area contributed by atoms with Gasteiger partial charge >= 0.3 is 0 Å². The Morgan fingerprint density at radius 2 is 2.13 bits per heavy atom. The smallest absolute Gasteiger partial charge is 0.0883 e. The molecule has 84 valence electrons. The van der Waals surface area contributed by atoms with Crippen LogP contribution in [-0.2, 0) is 11.2 Å². The zero-order valence-corrected chi connectivity index (χ0v) is 9.79. The summed E-state index contributed by atoms with van der Waals surface area (Å²) in [6, 6.07) is 8.44. The van der Waals surface area contributed by atoms with Gasteiger partial charge in [0.15, 0.2) is 0 Å². The highest BCUT2D eigenvalue weighted by atomic mass is 16.5. The highest BCUT2D eigenvalue weighted by Crippen LogP contribution is 2.17. The van der Waals surface area contributed by atoms with Gasteiger partial charge in [-0.25, -0.2) is 0 Å². The highest BCUT2D eigenvalue weighted by molar-refractivity contribution is 5.22. The van der Waals surface area contributed by atoms with Crippen LogP contribution in [0.3, 0.4) is 0 Å². The molecule has 0 spiro atoms. The van der Waals surface area contributed by atoms with Crippen LogP contribution in [0.1, 0.15) is 24.5 Å². The second-order valence-electron chi connectivity index (χ2n) is 4.30. The van der Waals surface area contributed by atoms with Crippen LogP contribution in [0.15, 0.2) is 24.3 Å². The van der Waals surface area contributed by atoms with E-state index < -0.39 is 5.60 Å². The third-order valence-corrected chi connectivity index (χ3v) is 2.85. The van der Waals surface area contributed by atoms with Crippen LogP contribution < -0.4 is 0 Å². The summed E-state index contributed by atoms with van der Waals surface area (Å²) in [5.41, 5.74) is 2.16. The van der Waals surface area contributed by atoms with Gasteiger partial charge in [0.2, 0.25) is 0 Å². The minimum atomic E-state index is -0.413. The molecule has 2 nitrogen and oxygen atoms in total. The van der Waals surface area contributed by atoms with Crippen LogP contribution >= 0.6 is 0 Å². The molecular formula is C13H20O2. The van der Waals surface area contributed by atoms with Gasteiger partial charge in [0.25, 0.3) is 0 Å². The molecule has 1 unspecified atom stereocenters. The number of methoxy groups -OCH3 is 1. The van der Waals surface area contributed by atoms with E-state index in [4.69, 9.17) is 4.74 Å². The van der Waals surface area contributed by atoms with E-state index in [9.17, 15) is 5.11 Å². The lowest BCUT2D eigenvalue weighted by Crippen LogP contribution is -2.32. The van der Waals surface area contributed by atoms with Crippen molar-refractivity contribution >= 4 is 0 Å². The van der Waals surface area contributed by atoms with Crippen LogP contribution in [0.5, 0.6) is 0 Å². The van der Waals surface area contributed by atoms with Gasteiger partial charge in [0, 0.05) is 7.11 Å². The standard InChI is InChI=1S/C13H20O2/c1-11-5-4-6-12(9-11)7-8-13(2,10-14)15-3/h4-6,9,14H,7-8,10H2,1-3H3. The number of aryl methyl sites for hydroxylation is 2. The molecule has 0 aliphatic heterocycles. The second-order valence-corrected chi connectivity index (χ2v) is 4.30. The zero-order chi connectivity index (χ0) is 11.3. The molecule has 2 heteroatoms. The minimum absolute atomic E-state index is 0.0648. The van der Waals surface area contributed by atoms with Gasteiger partial charge in [-0.2, -0.15) is 0 Å². The van der Waals surface area contributed by atoms with Gasteiger partial charge in [-0.05, 0) is 32.3 Å². The molecule has 1 aromatic rings. The average Bonchev–Trinajstić information content (AvgIpc) is 2.26. The largest absolute Gasteiger partial charge is 0.393 e. The van der Waals surface area contributed by atoms with E-state index >= 15 is 0 Å². The predicted octanol–water partition coefficient (Wildman–Crippen LogP) is 2.33. The molecule has 1 aromatic carbocycles. The molecular weight excluding hydrogens is 188 g/mol. The fourth-order valence-electron chi connectivity index (χ4n) is 1.52. The topological polar surface area (TPSA) is 29.5 Å². The van der Waals surface area contributed by atoms with Crippen molar-refractivity contribution in [3.63, 3.8) is 0 Å². The Labute approximate surface area is 91.9 Å². The maximum Gasteiger partial charge on any atom is 0.0883 e. The molecule has 0 aliphatic rings. The third kappa shape index (κ3) is 3.65. The van der Waals surface area contributed by atoms with Gasteiger partial charge in [-0.1, -0.05) is 29.8 Å². The SMILES string of the molecule is COC(C)(CO)CCc1cccc(C)c1. The summed E-state index contributed by atoms with van der Waals surface area (Å²) in [4.78, 5) is 0. The lowest BCUT2D eigenvalue weighted by Gasteiger charge is -2.25. The van der Waals surface area contributed by atoms with Gasteiger partial charge in [0.05, 0.1) is 12.2 Å². The van der Waals surface area contributed by atoms with Crippen LogP contribution in [0.25, 0.3) is 0 Å². The highest BCUT2D eigenvalue weighted by Gasteiger charge is 2.21. The first-order valence-electron chi connectivity index (χ1n) is 5.31. The summed E-state index contributed by atoms with van der Waals surface area (Å²) < 4.78 is 5.29. The Kier molecular flexibility index (Phi) is 4.30. The Bertz CT molecular complexity index is 303. The second kappa shape index (κ2) is 5.29. The summed E-state index contributed by atoms with van der Waals surface area (Å²) in [5.74, 6) is 0. The van der Waals surface area contributed by atoms with Crippen molar-refractivity contribution in [2.24, 2.45) is 0 Å². The van der Waals surface area contributed by atoms with Crippen molar-refractivity contribution < 1.29 is 9.84 Å². The monoisotopic (exact) mass is 208 g/mol. The fraction of sp³-hybridized carbons (Fsp3) is 0.538. The molecule has 0 saturated heterocycles. The van der Waals surface area contributed by atoms with Crippen molar-refractivity contribution in [2.45, 2.75) is 32.3 Å². The van der Waals surface area contributed by atoms with E-state index in [1.807, 2.05) is 6.92 Å². The molecule has 0 aromatic heterocycles. The summed E-state index contributed by atoms with van der Waals surface area (Å²) in [5, 5.41) is 9.19. The molecule has 0 radical (unpaired) electrons. The minimum Gasteiger partial charge on any atom is -0.393 e. The molecule has 1 N–H and O–H groups in total. The van der Waals surface area contributed by atoms with E-state index in [1.54, 1.807) is 7.11 Å². The van der Waals surface area contributed by atoms with Crippen LogP contribution in [-0.4, -0.2) is 24.4 Å². The number of rotatable bonds is 5. The van der Waals surface area contributed by atoms with Gasteiger partial charge < -0.3 is 9.84 Å². The fourth-order valence-corrected chi connectivity index (χ4v) is 1.52. The van der Waals surface area contributed by atoms with E-state index in [2.05, 4.69) is 31.2 Å². The predicted molar refractivity (Wildman–Crippen MR) is 62.0 cm³/mol. The normalized spacial score (nSPS) is 14.9.